The first-order valence-electron chi connectivity index (χ1n) is 11.0. The van der Waals surface area contributed by atoms with Gasteiger partial charge in [0.1, 0.15) is 6.61 Å². The molecule has 0 aromatic heterocycles. The van der Waals surface area contributed by atoms with Crippen LogP contribution in [0.4, 0.5) is 8.78 Å². The molecule has 0 saturated heterocycles. The van der Waals surface area contributed by atoms with Gasteiger partial charge in [-0.05, 0) is 53.6 Å². The Bertz CT molecular complexity index is 950. The van der Waals surface area contributed by atoms with Gasteiger partial charge in [-0.15, -0.1) is 0 Å². The van der Waals surface area contributed by atoms with Crippen molar-refractivity contribution in [3.8, 4) is 22.6 Å². The van der Waals surface area contributed by atoms with Gasteiger partial charge in [0.25, 0.3) is 0 Å². The predicted octanol–water partition coefficient (Wildman–Crippen LogP) is 7.73. The normalized spacial score (nSPS) is 10.8. The monoisotopic (exact) mass is 424 g/mol. The average Bonchev–Trinajstić information content (AvgIpc) is 2.80. The Morgan fingerprint density at radius 2 is 1.16 bits per heavy atom. The number of rotatable bonds is 11. The third kappa shape index (κ3) is 6.30. The molecule has 4 heteroatoms. The molecule has 0 spiro atoms. The Labute approximate surface area is 183 Å². The van der Waals surface area contributed by atoms with E-state index >= 15 is 0 Å². The molecule has 3 aromatic rings. The van der Waals surface area contributed by atoms with Crippen LogP contribution in [0.3, 0.4) is 0 Å². The molecule has 0 amide bonds. The van der Waals surface area contributed by atoms with E-state index in [2.05, 4.69) is 31.2 Å². The lowest BCUT2D eigenvalue weighted by Crippen LogP contribution is -2.02. The zero-order valence-corrected chi connectivity index (χ0v) is 18.3. The molecule has 164 valence electrons. The number of halogens is 2. The van der Waals surface area contributed by atoms with Crippen LogP contribution in [0.2, 0.25) is 0 Å². The van der Waals surface area contributed by atoms with Crippen LogP contribution in [-0.2, 0) is 13.0 Å². The van der Waals surface area contributed by atoms with Crippen LogP contribution in [0.15, 0.2) is 60.7 Å². The van der Waals surface area contributed by atoms with Crippen LogP contribution in [0.25, 0.3) is 11.1 Å². The standard InChI is InChI=1S/C27H30F2O2/c1-3-5-6-7-20-8-12-22(13-9-20)23-14-10-21(11-15-23)19-31-25-17-16-24(30-18-4-2)26(28)27(25)29/h8-17H,3-7,18-19H2,1-2H3. The molecule has 0 aliphatic heterocycles. The first kappa shape index (κ1) is 22.8. The van der Waals surface area contributed by atoms with Gasteiger partial charge in [-0.1, -0.05) is 75.2 Å². The van der Waals surface area contributed by atoms with Gasteiger partial charge < -0.3 is 9.47 Å². The molecule has 2 nitrogen and oxygen atoms in total. The molecule has 0 N–H and O–H groups in total. The predicted molar refractivity (Wildman–Crippen MR) is 122 cm³/mol. The number of unbranched alkanes of at least 4 members (excludes halogenated alkanes) is 2. The number of ether oxygens (including phenoxy) is 2. The van der Waals surface area contributed by atoms with Gasteiger partial charge in [-0.2, -0.15) is 8.78 Å². The molecule has 0 fully saturated rings. The first-order valence-corrected chi connectivity index (χ1v) is 11.0. The van der Waals surface area contributed by atoms with Crippen molar-refractivity contribution in [3.63, 3.8) is 0 Å². The van der Waals surface area contributed by atoms with Crippen LogP contribution >= 0.6 is 0 Å². The van der Waals surface area contributed by atoms with Crippen molar-refractivity contribution in [1.82, 2.24) is 0 Å². The fourth-order valence-corrected chi connectivity index (χ4v) is 3.35. The van der Waals surface area contributed by atoms with Crippen LogP contribution in [0.1, 0.15) is 50.7 Å². The second-order valence-electron chi connectivity index (χ2n) is 7.68. The molecule has 0 bridgehead atoms. The van der Waals surface area contributed by atoms with Crippen molar-refractivity contribution >= 4 is 0 Å². The Kier molecular flexibility index (Phi) is 8.45. The highest BCUT2D eigenvalue weighted by Crippen LogP contribution is 2.28. The molecule has 0 unspecified atom stereocenters. The lowest BCUT2D eigenvalue weighted by molar-refractivity contribution is 0.269. The van der Waals surface area contributed by atoms with Gasteiger partial charge in [-0.25, -0.2) is 0 Å². The molecule has 0 radical (unpaired) electrons. The highest BCUT2D eigenvalue weighted by Gasteiger charge is 2.15. The summed E-state index contributed by atoms with van der Waals surface area (Å²) in [5.41, 5.74) is 4.51. The van der Waals surface area contributed by atoms with Crippen molar-refractivity contribution in [3.05, 3.63) is 83.4 Å². The minimum Gasteiger partial charge on any atom is -0.490 e. The maximum absolute atomic E-state index is 14.2. The van der Waals surface area contributed by atoms with E-state index in [1.165, 1.54) is 37.0 Å². The smallest absolute Gasteiger partial charge is 0.204 e. The maximum Gasteiger partial charge on any atom is 0.204 e. The lowest BCUT2D eigenvalue weighted by atomic mass is 10.0. The van der Waals surface area contributed by atoms with E-state index in [4.69, 9.17) is 9.47 Å². The summed E-state index contributed by atoms with van der Waals surface area (Å²) in [7, 11) is 0. The van der Waals surface area contributed by atoms with Crippen molar-refractivity contribution in [1.29, 1.82) is 0 Å². The number of hydrogen-bond donors (Lipinski definition) is 0. The summed E-state index contributed by atoms with van der Waals surface area (Å²) in [6.45, 7) is 4.61. The quantitative estimate of drug-likeness (QED) is 0.293. The van der Waals surface area contributed by atoms with Gasteiger partial charge >= 0.3 is 0 Å². The summed E-state index contributed by atoms with van der Waals surface area (Å²) in [5, 5.41) is 0. The Hall–Kier alpha value is -2.88. The van der Waals surface area contributed by atoms with Gasteiger partial charge in [0, 0.05) is 0 Å². The van der Waals surface area contributed by atoms with Crippen LogP contribution < -0.4 is 9.47 Å². The van der Waals surface area contributed by atoms with E-state index in [9.17, 15) is 8.78 Å². The molecule has 0 atom stereocenters. The molecule has 0 heterocycles. The van der Waals surface area contributed by atoms with Crippen molar-refractivity contribution in [2.75, 3.05) is 6.61 Å². The van der Waals surface area contributed by atoms with E-state index < -0.39 is 11.6 Å². The Balaban J connectivity index is 1.59. The van der Waals surface area contributed by atoms with Crippen LogP contribution in [-0.4, -0.2) is 6.61 Å². The molecule has 31 heavy (non-hydrogen) atoms. The minimum absolute atomic E-state index is 0.0903. The summed E-state index contributed by atoms with van der Waals surface area (Å²) in [5.74, 6) is -2.25. The fraction of sp³-hybridized carbons (Fsp3) is 0.333. The third-order valence-electron chi connectivity index (χ3n) is 5.18. The number of benzene rings is 3. The molecular weight excluding hydrogens is 394 g/mol. The van der Waals surface area contributed by atoms with Gasteiger partial charge in [0.2, 0.25) is 11.6 Å². The number of aryl methyl sites for hydroxylation is 1. The third-order valence-corrected chi connectivity index (χ3v) is 5.18. The molecule has 0 saturated carbocycles. The van der Waals surface area contributed by atoms with Crippen molar-refractivity contribution in [2.24, 2.45) is 0 Å². The van der Waals surface area contributed by atoms with Crippen LogP contribution in [0.5, 0.6) is 11.5 Å². The van der Waals surface area contributed by atoms with Crippen molar-refractivity contribution in [2.45, 2.75) is 52.6 Å². The van der Waals surface area contributed by atoms with Crippen molar-refractivity contribution < 1.29 is 18.3 Å². The molecule has 0 aliphatic rings. The van der Waals surface area contributed by atoms with E-state index in [0.717, 1.165) is 29.5 Å². The van der Waals surface area contributed by atoms with E-state index in [-0.39, 0.29) is 18.1 Å². The van der Waals surface area contributed by atoms with Gasteiger partial charge in [0.15, 0.2) is 11.5 Å². The summed E-state index contributed by atoms with van der Waals surface area (Å²) in [6, 6.07) is 19.4. The van der Waals surface area contributed by atoms with E-state index in [0.29, 0.717) is 6.61 Å². The summed E-state index contributed by atoms with van der Waals surface area (Å²) >= 11 is 0. The average molecular weight is 425 g/mol. The molecule has 3 rings (SSSR count). The Morgan fingerprint density at radius 1 is 0.613 bits per heavy atom. The minimum atomic E-state index is -1.02. The summed E-state index contributed by atoms with van der Waals surface area (Å²) < 4.78 is 39.0. The zero-order chi connectivity index (χ0) is 22.1. The summed E-state index contributed by atoms with van der Waals surface area (Å²) in [4.78, 5) is 0. The fourth-order valence-electron chi connectivity index (χ4n) is 3.35. The molecule has 0 aliphatic carbocycles. The highest BCUT2D eigenvalue weighted by molar-refractivity contribution is 5.64. The van der Waals surface area contributed by atoms with E-state index in [1.807, 2.05) is 31.2 Å². The highest BCUT2D eigenvalue weighted by atomic mass is 19.2. The number of hydrogen-bond acceptors (Lipinski definition) is 2. The van der Waals surface area contributed by atoms with Crippen LogP contribution in [0, 0.1) is 11.6 Å². The summed E-state index contributed by atoms with van der Waals surface area (Å²) in [6.07, 6.45) is 5.56. The van der Waals surface area contributed by atoms with Gasteiger partial charge in [0.05, 0.1) is 6.61 Å². The van der Waals surface area contributed by atoms with Gasteiger partial charge in [-0.3, -0.25) is 0 Å². The maximum atomic E-state index is 14.2. The SMILES string of the molecule is CCCCCc1ccc(-c2ccc(COc3ccc(OCCC)c(F)c3F)cc2)cc1. The lowest BCUT2D eigenvalue weighted by Gasteiger charge is -2.11. The topological polar surface area (TPSA) is 18.5 Å². The molecule has 3 aromatic carbocycles. The first-order chi connectivity index (χ1) is 15.1. The zero-order valence-electron chi connectivity index (χ0n) is 18.3. The second-order valence-corrected chi connectivity index (χ2v) is 7.68. The van der Waals surface area contributed by atoms with E-state index in [1.54, 1.807) is 0 Å². The Morgan fingerprint density at radius 3 is 1.71 bits per heavy atom. The molecular formula is C27H30F2O2. The largest absolute Gasteiger partial charge is 0.490 e. The second kappa shape index (κ2) is 11.5.